The van der Waals surface area contributed by atoms with Crippen molar-refractivity contribution in [2.75, 3.05) is 0 Å². The van der Waals surface area contributed by atoms with E-state index >= 15 is 0 Å². The maximum absolute atomic E-state index is 13.8. The third kappa shape index (κ3) is 5.25. The van der Waals surface area contributed by atoms with Gasteiger partial charge in [0.05, 0.1) is 11.6 Å². The van der Waals surface area contributed by atoms with E-state index in [1.807, 2.05) is 54.1 Å². The first kappa shape index (κ1) is 25.1. The topological polar surface area (TPSA) is 79.7 Å². The van der Waals surface area contributed by atoms with Gasteiger partial charge in [-0.25, -0.2) is 9.07 Å². The monoisotopic (exact) mass is 522 g/mol. The molecular weight excluding hydrogens is 491 g/mol. The highest BCUT2D eigenvalue weighted by Crippen LogP contribution is 2.35. The SMILES string of the molecule is Cc1cccc2cc(C(c3nnnn3C3CCCC3)N(Cc3ccccc3)Cc3ccc(F)cc3)c(=O)[nH]c12. The van der Waals surface area contributed by atoms with Crippen LogP contribution in [0.2, 0.25) is 0 Å². The molecule has 0 spiro atoms. The standard InChI is InChI=1S/C31H31FN6O/c1-21-8-7-11-24-18-27(31(39)33-28(21)24)29(30-34-35-36-38(30)26-12-5-6-13-26)37(19-22-9-3-2-4-10-22)20-23-14-16-25(32)17-15-23/h2-4,7-11,14-18,26,29H,5-6,12-13,19-20H2,1H3,(H,33,39). The Morgan fingerprint density at radius 1 is 0.974 bits per heavy atom. The molecule has 1 aliphatic carbocycles. The average Bonchev–Trinajstić information content (AvgIpc) is 3.64. The lowest BCUT2D eigenvalue weighted by Crippen LogP contribution is -2.35. The van der Waals surface area contributed by atoms with Crippen LogP contribution in [0, 0.1) is 12.7 Å². The van der Waals surface area contributed by atoms with Gasteiger partial charge in [-0.15, -0.1) is 5.10 Å². The minimum absolute atomic E-state index is 0.167. The third-order valence-corrected chi connectivity index (χ3v) is 7.74. The van der Waals surface area contributed by atoms with Crippen LogP contribution in [-0.2, 0) is 13.1 Å². The van der Waals surface area contributed by atoms with E-state index in [0.29, 0.717) is 24.5 Å². The molecule has 1 saturated carbocycles. The fourth-order valence-electron chi connectivity index (χ4n) is 5.77. The Morgan fingerprint density at radius 3 is 2.44 bits per heavy atom. The summed E-state index contributed by atoms with van der Waals surface area (Å²) < 4.78 is 15.7. The number of hydrogen-bond donors (Lipinski definition) is 1. The lowest BCUT2D eigenvalue weighted by molar-refractivity contribution is 0.190. The Balaban J connectivity index is 1.54. The van der Waals surface area contributed by atoms with Crippen LogP contribution >= 0.6 is 0 Å². The molecule has 5 aromatic rings. The molecule has 2 aromatic heterocycles. The summed E-state index contributed by atoms with van der Waals surface area (Å²) in [6, 6.07) is 24.3. The number of hydrogen-bond acceptors (Lipinski definition) is 5. The van der Waals surface area contributed by atoms with Gasteiger partial charge in [0, 0.05) is 18.7 Å². The van der Waals surface area contributed by atoms with Gasteiger partial charge in [0.2, 0.25) is 0 Å². The number of rotatable bonds is 8. The molecule has 0 bridgehead atoms. The molecule has 0 radical (unpaired) electrons. The van der Waals surface area contributed by atoms with Gasteiger partial charge in [-0.1, -0.05) is 73.5 Å². The number of halogens is 1. The molecule has 1 aliphatic rings. The van der Waals surface area contributed by atoms with Gasteiger partial charge in [0.1, 0.15) is 11.9 Å². The summed E-state index contributed by atoms with van der Waals surface area (Å²) in [6.07, 6.45) is 4.28. The number of aromatic nitrogens is 5. The molecule has 0 amide bonds. The number of tetrazole rings is 1. The Bertz CT molecular complexity index is 1620. The van der Waals surface area contributed by atoms with E-state index in [1.54, 1.807) is 12.1 Å². The maximum Gasteiger partial charge on any atom is 0.253 e. The van der Waals surface area contributed by atoms with Gasteiger partial charge < -0.3 is 4.98 Å². The number of H-pyrrole nitrogens is 1. The first-order chi connectivity index (χ1) is 19.1. The Kier molecular flexibility index (Phi) is 7.02. The Hall–Kier alpha value is -4.17. The lowest BCUT2D eigenvalue weighted by Gasteiger charge is -2.32. The summed E-state index contributed by atoms with van der Waals surface area (Å²) in [4.78, 5) is 19.2. The summed E-state index contributed by atoms with van der Waals surface area (Å²) in [7, 11) is 0. The zero-order valence-electron chi connectivity index (χ0n) is 21.9. The van der Waals surface area contributed by atoms with Crippen molar-refractivity contribution >= 4 is 10.9 Å². The fourth-order valence-corrected chi connectivity index (χ4v) is 5.77. The number of para-hydroxylation sites is 1. The molecule has 3 aromatic carbocycles. The van der Waals surface area contributed by atoms with Crippen LogP contribution in [0.5, 0.6) is 0 Å². The summed E-state index contributed by atoms with van der Waals surface area (Å²) in [5, 5.41) is 14.0. The fraction of sp³-hybridized carbons (Fsp3) is 0.290. The van der Waals surface area contributed by atoms with Crippen LogP contribution in [0.3, 0.4) is 0 Å². The third-order valence-electron chi connectivity index (χ3n) is 7.74. The van der Waals surface area contributed by atoms with Crippen molar-refractivity contribution < 1.29 is 4.39 Å². The predicted molar refractivity (Wildman–Crippen MR) is 149 cm³/mol. The smallest absolute Gasteiger partial charge is 0.253 e. The molecule has 8 heteroatoms. The number of aromatic amines is 1. The number of nitrogens with one attached hydrogen (secondary N) is 1. The van der Waals surface area contributed by atoms with Crippen LogP contribution in [0.1, 0.15) is 65.8 Å². The van der Waals surface area contributed by atoms with Crippen molar-refractivity contribution in [2.45, 2.75) is 57.8 Å². The van der Waals surface area contributed by atoms with E-state index in [1.165, 1.54) is 12.1 Å². The summed E-state index contributed by atoms with van der Waals surface area (Å²) in [5.74, 6) is 0.369. The molecule has 0 saturated heterocycles. The quantitative estimate of drug-likeness (QED) is 0.276. The largest absolute Gasteiger partial charge is 0.321 e. The van der Waals surface area contributed by atoms with Gasteiger partial charge in [-0.2, -0.15) is 0 Å². The molecular formula is C31H31FN6O. The van der Waals surface area contributed by atoms with Crippen molar-refractivity contribution in [3.63, 3.8) is 0 Å². The Morgan fingerprint density at radius 2 is 1.69 bits per heavy atom. The van der Waals surface area contributed by atoms with Crippen LogP contribution in [0.15, 0.2) is 83.7 Å². The maximum atomic E-state index is 13.8. The highest BCUT2D eigenvalue weighted by Gasteiger charge is 2.33. The molecule has 198 valence electrons. The summed E-state index contributed by atoms with van der Waals surface area (Å²) in [5.41, 5.74) is 4.28. The molecule has 39 heavy (non-hydrogen) atoms. The first-order valence-corrected chi connectivity index (χ1v) is 13.5. The number of aryl methyl sites for hydroxylation is 1. The lowest BCUT2D eigenvalue weighted by atomic mass is 10.00. The Labute approximate surface area is 226 Å². The zero-order valence-corrected chi connectivity index (χ0v) is 21.9. The highest BCUT2D eigenvalue weighted by atomic mass is 19.1. The van der Waals surface area contributed by atoms with Gasteiger partial charge in [-0.05, 0) is 70.5 Å². The molecule has 2 heterocycles. The second-order valence-electron chi connectivity index (χ2n) is 10.4. The van der Waals surface area contributed by atoms with Crippen molar-refractivity contribution in [1.29, 1.82) is 0 Å². The van der Waals surface area contributed by atoms with Gasteiger partial charge in [0.25, 0.3) is 5.56 Å². The molecule has 0 aliphatic heterocycles. The van der Waals surface area contributed by atoms with Crippen LogP contribution in [0.25, 0.3) is 10.9 Å². The number of benzene rings is 3. The minimum atomic E-state index is -0.528. The van der Waals surface area contributed by atoms with Crippen LogP contribution < -0.4 is 5.56 Å². The molecule has 1 fully saturated rings. The van der Waals surface area contributed by atoms with Crippen LogP contribution in [0.4, 0.5) is 4.39 Å². The van der Waals surface area contributed by atoms with E-state index in [-0.39, 0.29) is 17.4 Å². The van der Waals surface area contributed by atoms with E-state index in [4.69, 9.17) is 0 Å². The van der Waals surface area contributed by atoms with Gasteiger partial charge in [-0.3, -0.25) is 9.69 Å². The second kappa shape index (κ2) is 10.9. The summed E-state index contributed by atoms with van der Waals surface area (Å²) in [6.45, 7) is 3.01. The van der Waals surface area contributed by atoms with E-state index in [0.717, 1.165) is 53.3 Å². The van der Waals surface area contributed by atoms with E-state index in [2.05, 4.69) is 37.5 Å². The molecule has 1 unspecified atom stereocenters. The van der Waals surface area contributed by atoms with Crippen molar-refractivity contribution in [1.82, 2.24) is 30.1 Å². The number of nitrogens with zero attached hydrogens (tertiary/aromatic N) is 5. The number of pyridine rings is 1. The van der Waals surface area contributed by atoms with Crippen molar-refractivity contribution in [2.24, 2.45) is 0 Å². The molecule has 7 nitrogen and oxygen atoms in total. The molecule has 1 atom stereocenters. The predicted octanol–water partition coefficient (Wildman–Crippen LogP) is 5.87. The summed E-state index contributed by atoms with van der Waals surface area (Å²) >= 11 is 0. The number of fused-ring (bicyclic) bond motifs is 1. The second-order valence-corrected chi connectivity index (χ2v) is 10.4. The van der Waals surface area contributed by atoms with Crippen molar-refractivity contribution in [3.05, 3.63) is 123 Å². The van der Waals surface area contributed by atoms with Crippen molar-refractivity contribution in [3.8, 4) is 0 Å². The molecule has 6 rings (SSSR count). The minimum Gasteiger partial charge on any atom is -0.321 e. The molecule has 1 N–H and O–H groups in total. The van der Waals surface area contributed by atoms with E-state index < -0.39 is 6.04 Å². The highest BCUT2D eigenvalue weighted by molar-refractivity contribution is 5.82. The van der Waals surface area contributed by atoms with Gasteiger partial charge in [0.15, 0.2) is 5.82 Å². The zero-order chi connectivity index (χ0) is 26.8. The van der Waals surface area contributed by atoms with E-state index in [9.17, 15) is 9.18 Å². The average molecular weight is 523 g/mol. The van der Waals surface area contributed by atoms with Crippen LogP contribution in [-0.4, -0.2) is 30.1 Å². The first-order valence-electron chi connectivity index (χ1n) is 13.5. The van der Waals surface area contributed by atoms with Gasteiger partial charge >= 0.3 is 0 Å². The normalized spacial score (nSPS) is 14.8.